The molecule has 0 amide bonds. The first-order chi connectivity index (χ1) is 10.1. The molecule has 120 valence electrons. The van der Waals surface area contributed by atoms with Gasteiger partial charge in [0.05, 0.1) is 24.5 Å². The summed E-state index contributed by atoms with van der Waals surface area (Å²) in [4.78, 5) is 2.06. The molecule has 21 heavy (non-hydrogen) atoms. The third-order valence-electron chi connectivity index (χ3n) is 3.82. The monoisotopic (exact) mass is 298 g/mol. The molecule has 1 fully saturated rings. The fraction of sp³-hybridized carbons (Fsp3) is 0.800. The van der Waals surface area contributed by atoms with Gasteiger partial charge in [-0.2, -0.15) is 0 Å². The summed E-state index contributed by atoms with van der Waals surface area (Å²) in [5.74, 6) is 0.840. The lowest BCUT2D eigenvalue weighted by Crippen LogP contribution is -2.34. The van der Waals surface area contributed by atoms with Gasteiger partial charge in [-0.3, -0.25) is 4.90 Å². The van der Waals surface area contributed by atoms with Crippen molar-refractivity contribution in [2.24, 2.45) is 0 Å². The maximum atomic E-state index is 10.1. The molecule has 1 saturated heterocycles. The first kappa shape index (κ1) is 16.4. The Hall–Kier alpha value is -0.950. The second-order valence-electron chi connectivity index (χ2n) is 5.80. The number of aliphatic hydroxyl groups excluding tert-OH is 1. The highest BCUT2D eigenvalue weighted by atomic mass is 16.5. The van der Waals surface area contributed by atoms with Gasteiger partial charge in [0.1, 0.15) is 5.76 Å². The third kappa shape index (κ3) is 5.07. The van der Waals surface area contributed by atoms with Gasteiger partial charge >= 0.3 is 0 Å². The minimum atomic E-state index is -0.488. The predicted octanol–water partition coefficient (Wildman–Crippen LogP) is 1.28. The largest absolute Gasteiger partial charge is 0.389 e. The van der Waals surface area contributed by atoms with Crippen LogP contribution in [-0.4, -0.2) is 60.8 Å². The maximum Gasteiger partial charge on any atom is 0.138 e. The molecular formula is C15H26N2O4. The van der Waals surface area contributed by atoms with Gasteiger partial charge in [-0.05, 0) is 33.7 Å². The van der Waals surface area contributed by atoms with Crippen LogP contribution >= 0.6 is 0 Å². The number of aliphatic hydroxyl groups is 1. The molecule has 0 radical (unpaired) electrons. The lowest BCUT2D eigenvalue weighted by Gasteiger charge is -2.25. The number of ether oxygens (including phenoxy) is 2. The number of aryl methyl sites for hydroxylation is 2. The van der Waals surface area contributed by atoms with Crippen LogP contribution in [0.25, 0.3) is 0 Å². The molecule has 0 aliphatic carbocycles. The van der Waals surface area contributed by atoms with E-state index in [4.69, 9.17) is 14.0 Å². The molecule has 6 nitrogen and oxygen atoms in total. The number of hydrogen-bond donors (Lipinski definition) is 1. The van der Waals surface area contributed by atoms with Crippen molar-refractivity contribution in [2.45, 2.75) is 45.4 Å². The van der Waals surface area contributed by atoms with E-state index in [0.717, 1.165) is 49.6 Å². The van der Waals surface area contributed by atoms with Crippen LogP contribution in [0, 0.1) is 13.8 Å². The van der Waals surface area contributed by atoms with Gasteiger partial charge in [0.15, 0.2) is 0 Å². The van der Waals surface area contributed by atoms with E-state index >= 15 is 0 Å². The Balaban J connectivity index is 1.70. The summed E-state index contributed by atoms with van der Waals surface area (Å²) in [6, 6.07) is 0. The van der Waals surface area contributed by atoms with E-state index in [-0.39, 0.29) is 6.10 Å². The fourth-order valence-electron chi connectivity index (χ4n) is 2.56. The van der Waals surface area contributed by atoms with Gasteiger partial charge in [-0.25, -0.2) is 0 Å². The van der Waals surface area contributed by atoms with Crippen LogP contribution in [0.2, 0.25) is 0 Å². The van der Waals surface area contributed by atoms with Gasteiger partial charge in [0.25, 0.3) is 0 Å². The summed E-state index contributed by atoms with van der Waals surface area (Å²) in [5, 5.41) is 14.0. The van der Waals surface area contributed by atoms with E-state index in [1.165, 1.54) is 0 Å². The number of hydrogen-bond acceptors (Lipinski definition) is 6. The zero-order valence-corrected chi connectivity index (χ0v) is 13.2. The number of rotatable bonds is 7. The second-order valence-corrected chi connectivity index (χ2v) is 5.80. The summed E-state index contributed by atoms with van der Waals surface area (Å²) in [7, 11) is 1.98. The van der Waals surface area contributed by atoms with Crippen molar-refractivity contribution in [1.29, 1.82) is 0 Å². The summed E-state index contributed by atoms with van der Waals surface area (Å²) in [6.45, 7) is 7.01. The minimum Gasteiger partial charge on any atom is -0.389 e. The van der Waals surface area contributed by atoms with Gasteiger partial charge in [0.2, 0.25) is 0 Å². The molecule has 2 rings (SSSR count). The Labute approximate surface area is 126 Å². The van der Waals surface area contributed by atoms with Crippen molar-refractivity contribution in [3.63, 3.8) is 0 Å². The van der Waals surface area contributed by atoms with Crippen LogP contribution in [0.4, 0.5) is 0 Å². The Morgan fingerprint density at radius 1 is 1.38 bits per heavy atom. The highest BCUT2D eigenvalue weighted by molar-refractivity contribution is 5.20. The normalized spacial score (nSPS) is 18.3. The number of likely N-dealkylation sites (N-methyl/N-ethyl adjacent to an activating group) is 1. The summed E-state index contributed by atoms with van der Waals surface area (Å²) in [5.41, 5.74) is 2.00. The molecule has 1 unspecified atom stereocenters. The summed E-state index contributed by atoms with van der Waals surface area (Å²) >= 11 is 0. The zero-order chi connectivity index (χ0) is 15.2. The van der Waals surface area contributed by atoms with Crippen molar-refractivity contribution in [3.8, 4) is 0 Å². The molecular weight excluding hydrogens is 272 g/mol. The van der Waals surface area contributed by atoms with Crippen molar-refractivity contribution in [2.75, 3.05) is 33.4 Å². The number of aromatic nitrogens is 1. The minimum absolute atomic E-state index is 0.223. The highest BCUT2D eigenvalue weighted by Gasteiger charge is 2.18. The van der Waals surface area contributed by atoms with E-state index in [1.54, 1.807) is 0 Å². The molecule has 1 aliphatic heterocycles. The van der Waals surface area contributed by atoms with Crippen molar-refractivity contribution < 1.29 is 19.1 Å². The quantitative estimate of drug-likeness (QED) is 0.818. The molecule has 2 heterocycles. The van der Waals surface area contributed by atoms with Gasteiger partial charge in [-0.1, -0.05) is 5.16 Å². The molecule has 6 heteroatoms. The Kier molecular flexibility index (Phi) is 6.17. The Morgan fingerprint density at radius 3 is 2.71 bits per heavy atom. The average Bonchev–Trinajstić information content (AvgIpc) is 2.78. The van der Waals surface area contributed by atoms with Crippen LogP contribution in [-0.2, 0) is 16.0 Å². The van der Waals surface area contributed by atoms with E-state index in [0.29, 0.717) is 13.2 Å². The second kappa shape index (κ2) is 7.89. The summed E-state index contributed by atoms with van der Waals surface area (Å²) in [6.07, 6.45) is 1.57. The molecule has 1 N–H and O–H groups in total. The molecule has 0 aromatic carbocycles. The van der Waals surface area contributed by atoms with Crippen LogP contribution in [0.1, 0.15) is 29.9 Å². The maximum absolute atomic E-state index is 10.1. The average molecular weight is 298 g/mol. The topological polar surface area (TPSA) is 68.0 Å². The van der Waals surface area contributed by atoms with Crippen LogP contribution in [0.3, 0.4) is 0 Å². The van der Waals surface area contributed by atoms with Crippen molar-refractivity contribution >= 4 is 0 Å². The molecule has 0 saturated carbocycles. The molecule has 1 atom stereocenters. The molecule has 1 aromatic heterocycles. The number of nitrogens with zero attached hydrogens (tertiary/aromatic N) is 2. The standard InChI is InChI=1S/C15H26N2O4/c1-11-15(12(2)21-16-11)9-17(3)8-13(18)10-20-14-4-6-19-7-5-14/h13-14,18H,4-10H2,1-3H3. The smallest absolute Gasteiger partial charge is 0.138 e. The molecule has 0 spiro atoms. The van der Waals surface area contributed by atoms with Gasteiger partial charge in [-0.15, -0.1) is 0 Å². The summed E-state index contributed by atoms with van der Waals surface area (Å²) < 4.78 is 16.2. The van der Waals surface area contributed by atoms with Crippen LogP contribution in [0.15, 0.2) is 4.52 Å². The van der Waals surface area contributed by atoms with Gasteiger partial charge in [0, 0.05) is 31.9 Å². The Morgan fingerprint density at radius 2 is 2.10 bits per heavy atom. The molecule has 0 bridgehead atoms. The van der Waals surface area contributed by atoms with Crippen molar-refractivity contribution in [3.05, 3.63) is 17.0 Å². The first-order valence-electron chi connectivity index (χ1n) is 7.54. The lowest BCUT2D eigenvalue weighted by molar-refractivity contribution is -0.0634. The Bertz CT molecular complexity index is 410. The third-order valence-corrected chi connectivity index (χ3v) is 3.82. The molecule has 1 aliphatic rings. The van der Waals surface area contributed by atoms with E-state index in [1.807, 2.05) is 20.9 Å². The van der Waals surface area contributed by atoms with Gasteiger partial charge < -0.3 is 19.1 Å². The highest BCUT2D eigenvalue weighted by Crippen LogP contribution is 2.15. The van der Waals surface area contributed by atoms with E-state index in [2.05, 4.69) is 10.1 Å². The van der Waals surface area contributed by atoms with Crippen LogP contribution in [0.5, 0.6) is 0 Å². The lowest BCUT2D eigenvalue weighted by atomic mass is 10.1. The van der Waals surface area contributed by atoms with Crippen LogP contribution < -0.4 is 0 Å². The molecule has 1 aromatic rings. The first-order valence-corrected chi connectivity index (χ1v) is 7.54. The zero-order valence-electron chi connectivity index (χ0n) is 13.2. The SMILES string of the molecule is Cc1noc(C)c1CN(C)CC(O)COC1CCOCC1. The fourth-order valence-corrected chi connectivity index (χ4v) is 2.56. The van der Waals surface area contributed by atoms with E-state index < -0.39 is 6.10 Å². The predicted molar refractivity (Wildman–Crippen MR) is 78.1 cm³/mol. The van der Waals surface area contributed by atoms with Crippen molar-refractivity contribution in [1.82, 2.24) is 10.1 Å². The van der Waals surface area contributed by atoms with E-state index in [9.17, 15) is 5.11 Å².